The first kappa shape index (κ1) is 40.0. The number of aliphatic imine (C=N–C) groups is 1. The van der Waals surface area contributed by atoms with Crippen molar-refractivity contribution in [3.63, 3.8) is 0 Å². The molecule has 2 aromatic carbocycles. The SMILES string of the molecule is CC(C)(C)c1cc(CCCCN)cc(OC(F)(F)F)c1F.CC(C)(C)c1cc2cn(-c3ccc(CNCCCN=C(N)N)cc3)c(=O)nc2[nH]1. The smallest absolute Gasteiger partial charge is 0.403 e. The summed E-state index contributed by atoms with van der Waals surface area (Å²) in [6.45, 7) is 14.3. The molecule has 14 heteroatoms. The normalized spacial score (nSPS) is 12.1. The van der Waals surface area contributed by atoms with Crippen molar-refractivity contribution in [3.05, 3.63) is 87.3 Å². The quantitative estimate of drug-likeness (QED) is 0.0518. The number of guanidine groups is 1. The third-order valence-corrected chi connectivity index (χ3v) is 7.72. The van der Waals surface area contributed by atoms with Gasteiger partial charge in [0.1, 0.15) is 5.65 Å². The Morgan fingerprint density at radius 2 is 1.64 bits per heavy atom. The van der Waals surface area contributed by atoms with Crippen LogP contribution in [0, 0.1) is 5.82 Å². The number of nitrogens with zero attached hydrogens (tertiary/aromatic N) is 3. The molecule has 4 aromatic rings. The Hall–Kier alpha value is -4.43. The molecule has 0 fully saturated rings. The summed E-state index contributed by atoms with van der Waals surface area (Å²) >= 11 is 0. The number of H-pyrrole nitrogens is 1. The maximum Gasteiger partial charge on any atom is 0.573 e. The molecule has 0 radical (unpaired) electrons. The van der Waals surface area contributed by atoms with Gasteiger partial charge in [0.25, 0.3) is 0 Å². The minimum Gasteiger partial charge on any atom is -0.403 e. The molecular weight excluding hydrogens is 652 g/mol. The van der Waals surface area contributed by atoms with Crippen LogP contribution in [0.2, 0.25) is 0 Å². The van der Waals surface area contributed by atoms with Gasteiger partial charge in [-0.1, -0.05) is 59.7 Å². The Morgan fingerprint density at radius 3 is 2.22 bits per heavy atom. The molecule has 50 heavy (non-hydrogen) atoms. The van der Waals surface area contributed by atoms with E-state index in [0.29, 0.717) is 30.7 Å². The van der Waals surface area contributed by atoms with Crippen LogP contribution in [0.1, 0.15) is 83.2 Å². The second-order valence-electron chi connectivity index (χ2n) is 14.1. The van der Waals surface area contributed by atoms with Crippen molar-refractivity contribution < 1.29 is 22.3 Å². The first-order valence-corrected chi connectivity index (χ1v) is 16.6. The average Bonchev–Trinajstić information content (AvgIpc) is 3.43. The molecule has 0 atom stereocenters. The fraction of sp³-hybridized carbons (Fsp3) is 0.472. The molecule has 0 aliphatic rings. The van der Waals surface area contributed by atoms with Crippen LogP contribution in [0.15, 0.2) is 58.4 Å². The summed E-state index contributed by atoms with van der Waals surface area (Å²) in [6.07, 6.45) is -0.173. The lowest BCUT2D eigenvalue weighted by Crippen LogP contribution is -2.23. The lowest BCUT2D eigenvalue weighted by Gasteiger charge is -2.23. The average molecular weight is 703 g/mol. The molecule has 0 saturated carbocycles. The molecule has 0 amide bonds. The largest absolute Gasteiger partial charge is 0.573 e. The Morgan fingerprint density at radius 1 is 0.960 bits per heavy atom. The standard InChI is InChI=1S/C21H29N7O.C15H21F4NO/c1-21(2,3)17-11-15-13-28(20(29)27-18(15)26-17)16-7-5-14(6-8-16)12-24-9-4-10-25-19(22)23;1-14(2,3)11-8-10(6-4-5-7-20)9-12(13(11)16)21-15(17,18)19/h5-8,11,13,24H,4,9-10,12H2,1-3H3,(H4,22,23,25)(H,26,27,29);8-9H,4-7,20H2,1-3H3. The molecule has 2 aromatic heterocycles. The van der Waals surface area contributed by atoms with E-state index in [2.05, 4.69) is 51.9 Å². The maximum atomic E-state index is 14.2. The van der Waals surface area contributed by atoms with Crippen molar-refractivity contribution in [2.24, 2.45) is 22.2 Å². The number of ether oxygens (including phenoxy) is 1. The van der Waals surface area contributed by atoms with Crippen molar-refractivity contribution in [1.82, 2.24) is 19.9 Å². The van der Waals surface area contributed by atoms with Crippen LogP contribution in [-0.2, 0) is 23.8 Å². The maximum absolute atomic E-state index is 14.2. The summed E-state index contributed by atoms with van der Waals surface area (Å²) in [4.78, 5) is 23.9. The van der Waals surface area contributed by atoms with Gasteiger partial charge in [-0.2, -0.15) is 4.98 Å². The molecule has 0 spiro atoms. The predicted molar refractivity (Wildman–Crippen MR) is 191 cm³/mol. The first-order valence-electron chi connectivity index (χ1n) is 16.6. The third-order valence-electron chi connectivity index (χ3n) is 7.72. The van der Waals surface area contributed by atoms with Crippen LogP contribution in [0.5, 0.6) is 5.75 Å². The van der Waals surface area contributed by atoms with Gasteiger partial charge in [0.05, 0.1) is 5.69 Å². The zero-order chi connectivity index (χ0) is 37.3. The van der Waals surface area contributed by atoms with E-state index in [1.807, 2.05) is 30.5 Å². The van der Waals surface area contributed by atoms with E-state index in [1.54, 1.807) is 31.4 Å². The molecule has 0 aliphatic carbocycles. The van der Waals surface area contributed by atoms with Gasteiger partial charge in [0.15, 0.2) is 17.5 Å². The molecule has 10 nitrogen and oxygen atoms in total. The van der Waals surface area contributed by atoms with Gasteiger partial charge in [0, 0.05) is 35.8 Å². The highest BCUT2D eigenvalue weighted by Crippen LogP contribution is 2.35. The zero-order valence-corrected chi connectivity index (χ0v) is 29.7. The molecule has 8 N–H and O–H groups in total. The number of rotatable bonds is 12. The lowest BCUT2D eigenvalue weighted by atomic mass is 9.85. The van der Waals surface area contributed by atoms with E-state index < -0.39 is 23.3 Å². The van der Waals surface area contributed by atoms with Crippen molar-refractivity contribution in [1.29, 1.82) is 0 Å². The number of aromatic nitrogens is 3. The number of hydrogen-bond acceptors (Lipinski definition) is 6. The fourth-order valence-corrected chi connectivity index (χ4v) is 5.02. The number of unbranched alkanes of at least 4 members (excludes halogenated alkanes) is 1. The summed E-state index contributed by atoms with van der Waals surface area (Å²) in [6, 6.07) is 12.7. The van der Waals surface area contributed by atoms with Gasteiger partial charge < -0.3 is 32.2 Å². The van der Waals surface area contributed by atoms with E-state index in [-0.39, 0.29) is 22.6 Å². The van der Waals surface area contributed by atoms with Crippen molar-refractivity contribution >= 4 is 17.0 Å². The van der Waals surface area contributed by atoms with Gasteiger partial charge in [0.2, 0.25) is 0 Å². The van der Waals surface area contributed by atoms with Gasteiger partial charge in [-0.15, -0.1) is 13.2 Å². The Labute approximate surface area is 290 Å². The predicted octanol–water partition coefficient (Wildman–Crippen LogP) is 6.07. The van der Waals surface area contributed by atoms with Gasteiger partial charge >= 0.3 is 12.1 Å². The summed E-state index contributed by atoms with van der Waals surface area (Å²) < 4.78 is 56.8. The van der Waals surface area contributed by atoms with E-state index in [1.165, 1.54) is 0 Å². The van der Waals surface area contributed by atoms with Crippen molar-refractivity contribution in [2.45, 2.75) is 91.0 Å². The van der Waals surface area contributed by atoms with E-state index >= 15 is 0 Å². The topological polar surface area (TPSA) is 162 Å². The summed E-state index contributed by atoms with van der Waals surface area (Å²) in [5, 5.41) is 4.27. The number of nitrogens with two attached hydrogens (primary N) is 3. The fourth-order valence-electron chi connectivity index (χ4n) is 5.02. The van der Waals surface area contributed by atoms with Crippen LogP contribution in [0.3, 0.4) is 0 Å². The highest BCUT2D eigenvalue weighted by molar-refractivity contribution is 5.76. The summed E-state index contributed by atoms with van der Waals surface area (Å²) in [5.74, 6) is -1.60. The first-order chi connectivity index (χ1) is 23.3. The Bertz CT molecular complexity index is 1780. The van der Waals surface area contributed by atoms with Crippen molar-refractivity contribution in [2.75, 3.05) is 19.6 Å². The number of nitrogens with one attached hydrogen (secondary N) is 2. The molecule has 2 heterocycles. The summed E-state index contributed by atoms with van der Waals surface area (Å²) in [7, 11) is 0. The van der Waals surface area contributed by atoms with E-state index in [0.717, 1.165) is 60.7 Å². The van der Waals surface area contributed by atoms with Crippen molar-refractivity contribution in [3.8, 4) is 11.4 Å². The number of alkyl halides is 3. The van der Waals surface area contributed by atoms with E-state index in [4.69, 9.17) is 17.2 Å². The minimum absolute atomic E-state index is 0.0352. The Balaban J connectivity index is 0.000000286. The monoisotopic (exact) mass is 702 g/mol. The van der Waals surface area contributed by atoms with Crippen LogP contribution in [0.25, 0.3) is 16.7 Å². The van der Waals surface area contributed by atoms with Crippen LogP contribution < -0.4 is 32.9 Å². The van der Waals surface area contributed by atoms with E-state index in [9.17, 15) is 22.4 Å². The number of benzene rings is 2. The number of hydrogen-bond donors (Lipinski definition) is 5. The highest BCUT2D eigenvalue weighted by atomic mass is 19.4. The van der Waals surface area contributed by atoms with Crippen LogP contribution in [0.4, 0.5) is 17.6 Å². The number of halogens is 4. The third kappa shape index (κ3) is 12.2. The molecule has 274 valence electrons. The number of aromatic amines is 1. The molecule has 0 bridgehead atoms. The molecular formula is C36H50F4N8O2. The molecule has 4 rings (SSSR count). The van der Waals surface area contributed by atoms with Gasteiger partial charge in [-0.25, -0.2) is 9.18 Å². The number of aryl methyl sites for hydroxylation is 1. The zero-order valence-electron chi connectivity index (χ0n) is 29.7. The van der Waals surface area contributed by atoms with Crippen LogP contribution in [-0.4, -0.2) is 46.5 Å². The molecule has 0 saturated heterocycles. The minimum atomic E-state index is -4.91. The Kier molecular flexibility index (Phi) is 13.6. The second-order valence-corrected chi connectivity index (χ2v) is 14.1. The number of fused-ring (bicyclic) bond motifs is 1. The highest BCUT2D eigenvalue weighted by Gasteiger charge is 2.34. The molecule has 0 aliphatic heterocycles. The van der Waals surface area contributed by atoms with Gasteiger partial charge in [-0.05, 0) is 85.1 Å². The lowest BCUT2D eigenvalue weighted by molar-refractivity contribution is -0.275. The van der Waals surface area contributed by atoms with Crippen LogP contribution >= 0.6 is 0 Å². The summed E-state index contributed by atoms with van der Waals surface area (Å²) in [5.41, 5.74) is 19.5. The molecule has 0 unspecified atom stereocenters. The second kappa shape index (κ2) is 17.0. The van der Waals surface area contributed by atoms with Gasteiger partial charge in [-0.3, -0.25) is 9.56 Å².